The van der Waals surface area contributed by atoms with E-state index in [1.165, 1.54) is 0 Å². The third kappa shape index (κ3) is 19.0. The lowest BCUT2D eigenvalue weighted by Crippen LogP contribution is -2.42. The minimum Gasteiger partial charge on any atom is -0.380 e. The number of hydrogen-bond donors (Lipinski definition) is 4. The Balaban J connectivity index is 1.73. The molecule has 0 saturated heterocycles. The number of ether oxygens (including phenoxy) is 4. The van der Waals surface area contributed by atoms with Crippen LogP contribution in [0.5, 0.6) is 0 Å². The Morgan fingerprint density at radius 1 is 0.509 bits per heavy atom. The van der Waals surface area contributed by atoms with Crippen molar-refractivity contribution in [1.29, 1.82) is 0 Å². The Morgan fingerprint density at radius 3 is 1.11 bits per heavy atom. The summed E-state index contributed by atoms with van der Waals surface area (Å²) >= 11 is 0. The zero-order valence-electron chi connectivity index (χ0n) is 30.9. The fourth-order valence-electron chi connectivity index (χ4n) is 4.89. The fourth-order valence-corrected chi connectivity index (χ4v) is 4.89. The average Bonchev–Trinajstić information content (AvgIpc) is 3.67. The quantitative estimate of drug-likeness (QED) is 0.0352. The Kier molecular flexibility index (Phi) is 22.0. The first-order valence-electron chi connectivity index (χ1n) is 17.8. The largest absolute Gasteiger partial charge is 0.380 e. The summed E-state index contributed by atoms with van der Waals surface area (Å²) in [5.74, 6) is 1.78. The van der Waals surface area contributed by atoms with E-state index in [0.717, 1.165) is 34.1 Å². The van der Waals surface area contributed by atoms with E-state index in [2.05, 4.69) is 33.1 Å². The van der Waals surface area contributed by atoms with Gasteiger partial charge in [0.15, 0.2) is 0 Å². The molecule has 0 spiro atoms. The van der Waals surface area contributed by atoms with E-state index < -0.39 is 29.0 Å². The molecule has 0 atom stereocenters. The second-order valence-electron chi connectivity index (χ2n) is 12.3. The van der Waals surface area contributed by atoms with E-state index in [-0.39, 0.29) is 141 Å². The summed E-state index contributed by atoms with van der Waals surface area (Å²) in [4.78, 5) is 97.1. The van der Waals surface area contributed by atoms with Crippen molar-refractivity contribution in [1.82, 2.24) is 31.1 Å². The minimum absolute atomic E-state index is 0.0167. The molecule has 18 nitrogen and oxygen atoms in total. The van der Waals surface area contributed by atoms with Crippen LogP contribution in [0.25, 0.3) is 0 Å². The molecule has 4 N–H and O–H groups in total. The summed E-state index contributed by atoms with van der Waals surface area (Å²) in [7, 11) is 0. The van der Waals surface area contributed by atoms with E-state index in [1.54, 1.807) is 0 Å². The highest BCUT2D eigenvalue weighted by Gasteiger charge is 2.33. The van der Waals surface area contributed by atoms with Gasteiger partial charge in [-0.15, -0.1) is 24.7 Å². The van der Waals surface area contributed by atoms with Crippen molar-refractivity contribution in [2.24, 2.45) is 5.41 Å². The summed E-state index contributed by atoms with van der Waals surface area (Å²) in [5.41, 5.74) is -0.842. The second kappa shape index (κ2) is 26.4. The minimum atomic E-state index is -0.842. The molecule has 55 heavy (non-hydrogen) atoms. The van der Waals surface area contributed by atoms with Crippen molar-refractivity contribution in [2.75, 3.05) is 92.1 Å². The topological polar surface area (TPSA) is 228 Å². The number of carbonyl (C=O) groups is 8. The monoisotopic (exact) mass is 770 g/mol. The van der Waals surface area contributed by atoms with Gasteiger partial charge >= 0.3 is 0 Å². The van der Waals surface area contributed by atoms with E-state index in [9.17, 15) is 38.4 Å². The van der Waals surface area contributed by atoms with Crippen molar-refractivity contribution < 1.29 is 57.3 Å². The van der Waals surface area contributed by atoms with Crippen LogP contribution in [-0.2, 0) is 57.3 Å². The molecule has 0 aromatic carbocycles. The number of imide groups is 2. The molecule has 2 rings (SSSR count). The number of hydrogen-bond acceptors (Lipinski definition) is 12. The SMILES string of the molecule is C#CCCOCC(COCCC#C)(COCCC(=O)NCCNC(=O)CCN1C(=O)C=CC1=O)COCCC(=O)NCCNC(=O)CCN1C(=O)C=CC1=O. The van der Waals surface area contributed by atoms with Crippen LogP contribution in [0.3, 0.4) is 0 Å². The van der Waals surface area contributed by atoms with E-state index >= 15 is 0 Å². The second-order valence-corrected chi connectivity index (χ2v) is 12.3. The highest BCUT2D eigenvalue weighted by Crippen LogP contribution is 2.21. The van der Waals surface area contributed by atoms with Crippen molar-refractivity contribution in [2.45, 2.75) is 38.5 Å². The predicted octanol–water partition coefficient (Wildman–Crippen LogP) is -2.04. The van der Waals surface area contributed by atoms with Gasteiger partial charge in [0, 0.05) is 102 Å². The summed E-state index contributed by atoms with van der Waals surface area (Å²) in [6, 6.07) is 0. The molecule has 0 saturated carbocycles. The predicted molar refractivity (Wildman–Crippen MR) is 195 cm³/mol. The summed E-state index contributed by atoms with van der Waals surface area (Å²) in [6.07, 6.45) is 16.0. The summed E-state index contributed by atoms with van der Waals surface area (Å²) < 4.78 is 23.4. The Bertz CT molecular complexity index is 1350. The maximum absolute atomic E-state index is 12.4. The molecular formula is C37H50N6O12. The number of amides is 8. The zero-order valence-corrected chi connectivity index (χ0v) is 30.9. The maximum Gasteiger partial charge on any atom is 0.253 e. The van der Waals surface area contributed by atoms with Crippen LogP contribution >= 0.6 is 0 Å². The van der Waals surface area contributed by atoms with Gasteiger partial charge in [-0.25, -0.2) is 0 Å². The number of nitrogens with one attached hydrogen (secondary N) is 4. The highest BCUT2D eigenvalue weighted by molar-refractivity contribution is 6.13. The van der Waals surface area contributed by atoms with E-state index in [4.69, 9.17) is 31.8 Å². The summed E-state index contributed by atoms with van der Waals surface area (Å²) in [6.45, 7) is 1.59. The molecule has 0 bridgehead atoms. The standard InChI is InChI=1S/C37H50N6O12/c1-3-5-21-52-25-37(26-53-22-6-4-2,27-54-23-13-31(46)40-17-15-38-29(44)11-19-42-33(48)7-8-34(42)49)28-55-24-14-32(47)41-18-16-39-30(45)12-20-43-35(50)9-10-36(43)51/h1-2,7-10H,5-6,11-28H2,(H,38,44)(H,39,45)(H,40,46)(H,41,47). The van der Waals surface area contributed by atoms with Gasteiger partial charge in [-0.05, 0) is 0 Å². The van der Waals surface area contributed by atoms with Crippen molar-refractivity contribution in [3.8, 4) is 24.7 Å². The third-order valence-corrected chi connectivity index (χ3v) is 7.83. The average molecular weight is 771 g/mol. The third-order valence-electron chi connectivity index (χ3n) is 7.83. The molecule has 18 heteroatoms. The number of rotatable bonds is 30. The fraction of sp³-hybridized carbons (Fsp3) is 0.568. The van der Waals surface area contributed by atoms with Crippen LogP contribution in [0.15, 0.2) is 24.3 Å². The molecule has 300 valence electrons. The molecule has 2 aliphatic heterocycles. The molecular weight excluding hydrogens is 720 g/mol. The lowest BCUT2D eigenvalue weighted by Gasteiger charge is -2.33. The number of nitrogens with zero attached hydrogens (tertiary/aromatic N) is 2. The van der Waals surface area contributed by atoms with Crippen LogP contribution in [0, 0.1) is 30.1 Å². The molecule has 0 aliphatic carbocycles. The number of terminal acetylenes is 2. The Labute approximate surface area is 320 Å². The van der Waals surface area contributed by atoms with Gasteiger partial charge in [0.25, 0.3) is 23.6 Å². The molecule has 8 amide bonds. The lowest BCUT2D eigenvalue weighted by molar-refractivity contribution is -0.139. The first-order valence-corrected chi connectivity index (χ1v) is 17.8. The molecule has 0 aromatic rings. The van der Waals surface area contributed by atoms with Gasteiger partial charge in [0.1, 0.15) is 0 Å². The first kappa shape index (κ1) is 45.8. The van der Waals surface area contributed by atoms with Gasteiger partial charge < -0.3 is 40.2 Å². The molecule has 0 aromatic heterocycles. The Hall–Kier alpha value is -5.40. The molecule has 2 heterocycles. The molecule has 0 fully saturated rings. The zero-order chi connectivity index (χ0) is 40.3. The van der Waals surface area contributed by atoms with E-state index in [0.29, 0.717) is 12.8 Å². The van der Waals surface area contributed by atoms with Crippen LogP contribution in [0.2, 0.25) is 0 Å². The Morgan fingerprint density at radius 2 is 0.800 bits per heavy atom. The van der Waals surface area contributed by atoms with Gasteiger partial charge in [0.2, 0.25) is 23.6 Å². The van der Waals surface area contributed by atoms with Gasteiger partial charge in [0.05, 0.1) is 58.3 Å². The van der Waals surface area contributed by atoms with Crippen LogP contribution in [0.4, 0.5) is 0 Å². The normalized spacial score (nSPS) is 13.6. The van der Waals surface area contributed by atoms with Gasteiger partial charge in [-0.2, -0.15) is 0 Å². The summed E-state index contributed by atoms with van der Waals surface area (Å²) in [5, 5.41) is 10.6. The first-order chi connectivity index (χ1) is 26.5. The molecule has 0 radical (unpaired) electrons. The highest BCUT2D eigenvalue weighted by atomic mass is 16.5. The maximum atomic E-state index is 12.4. The lowest BCUT2D eigenvalue weighted by atomic mass is 9.92. The van der Waals surface area contributed by atoms with Gasteiger partial charge in [-0.3, -0.25) is 48.2 Å². The van der Waals surface area contributed by atoms with Crippen molar-refractivity contribution in [3.63, 3.8) is 0 Å². The van der Waals surface area contributed by atoms with Crippen LogP contribution in [-0.4, -0.2) is 149 Å². The smallest absolute Gasteiger partial charge is 0.253 e. The van der Waals surface area contributed by atoms with Crippen LogP contribution in [0.1, 0.15) is 38.5 Å². The molecule has 2 aliphatic rings. The molecule has 0 unspecified atom stereocenters. The van der Waals surface area contributed by atoms with Crippen molar-refractivity contribution >= 4 is 47.3 Å². The number of carbonyl (C=O) groups excluding carboxylic acids is 8. The van der Waals surface area contributed by atoms with Crippen molar-refractivity contribution in [3.05, 3.63) is 24.3 Å². The van der Waals surface area contributed by atoms with E-state index in [1.807, 2.05) is 0 Å². The van der Waals surface area contributed by atoms with Gasteiger partial charge in [-0.1, -0.05) is 0 Å². The van der Waals surface area contributed by atoms with Crippen LogP contribution < -0.4 is 21.3 Å².